The van der Waals surface area contributed by atoms with Gasteiger partial charge in [-0.3, -0.25) is 9.59 Å². The number of fused-ring (bicyclic) bond motifs is 1. The minimum Gasteiger partial charge on any atom is -0.497 e. The summed E-state index contributed by atoms with van der Waals surface area (Å²) < 4.78 is 11.7. The largest absolute Gasteiger partial charge is 0.497 e. The fourth-order valence-electron chi connectivity index (χ4n) is 3.26. The Morgan fingerprint density at radius 1 is 1.03 bits per heavy atom. The van der Waals surface area contributed by atoms with Gasteiger partial charge in [-0.2, -0.15) is 0 Å². The van der Waals surface area contributed by atoms with Crippen LogP contribution in [-0.4, -0.2) is 35.8 Å². The van der Waals surface area contributed by atoms with Crippen molar-refractivity contribution in [1.82, 2.24) is 4.98 Å². The first-order valence-electron chi connectivity index (χ1n) is 11.0. The first kappa shape index (κ1) is 24.6. The van der Waals surface area contributed by atoms with E-state index in [1.807, 2.05) is 56.3 Å². The predicted octanol–water partition coefficient (Wildman–Crippen LogP) is 6.08. The summed E-state index contributed by atoms with van der Waals surface area (Å²) in [7, 11) is 1.56. The van der Waals surface area contributed by atoms with Crippen molar-refractivity contribution in [2.24, 2.45) is 0 Å². The van der Waals surface area contributed by atoms with E-state index < -0.39 is 0 Å². The van der Waals surface area contributed by atoms with Crippen LogP contribution < -0.4 is 20.1 Å². The van der Waals surface area contributed by atoms with Gasteiger partial charge < -0.3 is 20.1 Å². The molecule has 0 fully saturated rings. The van der Waals surface area contributed by atoms with Crippen LogP contribution in [0.1, 0.15) is 24.2 Å². The van der Waals surface area contributed by atoms with E-state index in [0.29, 0.717) is 28.7 Å². The molecule has 7 nitrogen and oxygen atoms in total. The lowest BCUT2D eigenvalue weighted by atomic mass is 10.2. The van der Waals surface area contributed by atoms with Crippen molar-refractivity contribution in [1.29, 1.82) is 0 Å². The Kier molecular flexibility index (Phi) is 7.89. The maximum absolute atomic E-state index is 12.7. The molecule has 1 aromatic heterocycles. The monoisotopic (exact) mass is 507 g/mol. The number of carbonyl (C=O) groups is 2. The number of anilines is 2. The Labute approximate surface area is 211 Å². The molecule has 1 heterocycles. The number of nitrogens with one attached hydrogen (secondary N) is 2. The summed E-state index contributed by atoms with van der Waals surface area (Å²) in [4.78, 5) is 30.6. The summed E-state index contributed by atoms with van der Waals surface area (Å²) in [6.07, 6.45) is 0. The molecule has 4 rings (SSSR count). The highest BCUT2D eigenvalue weighted by molar-refractivity contribution is 8.00. The number of aromatic nitrogens is 1. The molecular formula is C26H25N3O4S2. The van der Waals surface area contributed by atoms with Crippen molar-refractivity contribution in [3.8, 4) is 11.5 Å². The van der Waals surface area contributed by atoms with Gasteiger partial charge in [0.25, 0.3) is 5.91 Å². The average molecular weight is 508 g/mol. The van der Waals surface area contributed by atoms with E-state index >= 15 is 0 Å². The molecule has 35 heavy (non-hydrogen) atoms. The zero-order chi connectivity index (χ0) is 24.8. The summed E-state index contributed by atoms with van der Waals surface area (Å²) in [5, 5.41) is 6.00. The van der Waals surface area contributed by atoms with Gasteiger partial charge in [0.1, 0.15) is 11.5 Å². The van der Waals surface area contributed by atoms with Crippen LogP contribution in [0, 0.1) is 0 Å². The molecule has 0 aliphatic heterocycles. The van der Waals surface area contributed by atoms with Crippen LogP contribution in [0.4, 0.5) is 10.8 Å². The van der Waals surface area contributed by atoms with Gasteiger partial charge in [0.2, 0.25) is 5.91 Å². The Morgan fingerprint density at radius 2 is 1.83 bits per heavy atom. The van der Waals surface area contributed by atoms with Gasteiger partial charge in [0, 0.05) is 16.1 Å². The Hall–Kier alpha value is -3.56. The van der Waals surface area contributed by atoms with E-state index in [4.69, 9.17) is 9.47 Å². The van der Waals surface area contributed by atoms with Crippen molar-refractivity contribution >= 4 is 55.9 Å². The number of thioether (sulfide) groups is 1. The second-order valence-electron chi connectivity index (χ2n) is 7.54. The van der Waals surface area contributed by atoms with E-state index in [2.05, 4.69) is 15.6 Å². The summed E-state index contributed by atoms with van der Waals surface area (Å²) in [6.45, 7) is 4.38. The van der Waals surface area contributed by atoms with Crippen molar-refractivity contribution in [3.05, 3.63) is 72.3 Å². The summed E-state index contributed by atoms with van der Waals surface area (Å²) in [6, 6.07) is 20.0. The Morgan fingerprint density at radius 3 is 2.57 bits per heavy atom. The molecule has 180 valence electrons. The molecule has 0 aliphatic rings. The van der Waals surface area contributed by atoms with Crippen molar-refractivity contribution in [2.75, 3.05) is 24.4 Å². The molecule has 0 bridgehead atoms. The third kappa shape index (κ3) is 6.32. The third-order valence-electron chi connectivity index (χ3n) is 5.03. The number of carbonyl (C=O) groups excluding carboxylic acids is 2. The number of thiazole rings is 1. The van der Waals surface area contributed by atoms with Gasteiger partial charge in [-0.05, 0) is 74.5 Å². The fourth-order valence-corrected chi connectivity index (χ4v) is 5.03. The first-order valence-corrected chi connectivity index (χ1v) is 12.7. The van der Waals surface area contributed by atoms with Crippen LogP contribution in [0.5, 0.6) is 11.5 Å². The highest BCUT2D eigenvalue weighted by Crippen LogP contribution is 2.31. The lowest BCUT2D eigenvalue weighted by Crippen LogP contribution is -2.22. The van der Waals surface area contributed by atoms with Gasteiger partial charge in [-0.1, -0.05) is 17.4 Å². The van der Waals surface area contributed by atoms with Crippen LogP contribution in [-0.2, 0) is 4.79 Å². The Balaban J connectivity index is 1.33. The molecule has 1 unspecified atom stereocenters. The molecule has 2 N–H and O–H groups in total. The molecule has 9 heteroatoms. The predicted molar refractivity (Wildman–Crippen MR) is 142 cm³/mol. The molecular weight excluding hydrogens is 482 g/mol. The number of hydrogen-bond acceptors (Lipinski definition) is 7. The molecule has 0 saturated carbocycles. The van der Waals surface area contributed by atoms with Crippen LogP contribution in [0.15, 0.2) is 71.6 Å². The second kappa shape index (κ2) is 11.2. The number of benzene rings is 3. The van der Waals surface area contributed by atoms with E-state index in [9.17, 15) is 9.59 Å². The molecule has 0 saturated heterocycles. The minimum atomic E-state index is -0.335. The minimum absolute atomic E-state index is 0.130. The summed E-state index contributed by atoms with van der Waals surface area (Å²) in [5.41, 5.74) is 2.00. The standard InChI is InChI=1S/C26H25N3O4S2/c1-4-33-20-10-13-22-23(15-20)35-26(28-22)29-24(30)16(2)34-21-11-8-18(9-12-21)27-25(31)17-6-5-7-19(14-17)32-3/h5-16H,4H2,1-3H3,(H,27,31)(H,28,29,30). The van der Waals surface area contributed by atoms with Crippen LogP contribution in [0.25, 0.3) is 10.2 Å². The topological polar surface area (TPSA) is 89.5 Å². The first-order chi connectivity index (χ1) is 16.9. The van der Waals surface area contributed by atoms with Gasteiger partial charge >= 0.3 is 0 Å². The third-order valence-corrected chi connectivity index (χ3v) is 7.07. The van der Waals surface area contributed by atoms with Crippen LogP contribution >= 0.6 is 23.1 Å². The number of amides is 2. The van der Waals surface area contributed by atoms with Gasteiger partial charge in [0.15, 0.2) is 5.13 Å². The zero-order valence-electron chi connectivity index (χ0n) is 19.5. The van der Waals surface area contributed by atoms with Crippen LogP contribution in [0.3, 0.4) is 0 Å². The fraction of sp³-hybridized carbons (Fsp3) is 0.192. The van der Waals surface area contributed by atoms with E-state index in [0.717, 1.165) is 20.9 Å². The SMILES string of the molecule is CCOc1ccc2nc(NC(=O)C(C)Sc3ccc(NC(=O)c4cccc(OC)c4)cc3)sc2c1. The van der Waals surface area contributed by atoms with E-state index in [1.54, 1.807) is 31.4 Å². The summed E-state index contributed by atoms with van der Waals surface area (Å²) in [5.74, 6) is 1.06. The highest BCUT2D eigenvalue weighted by atomic mass is 32.2. The molecule has 1 atom stereocenters. The smallest absolute Gasteiger partial charge is 0.255 e. The number of nitrogens with zero attached hydrogens (tertiary/aromatic N) is 1. The lowest BCUT2D eigenvalue weighted by molar-refractivity contribution is -0.115. The number of rotatable bonds is 9. The molecule has 0 aliphatic carbocycles. The maximum Gasteiger partial charge on any atom is 0.255 e. The Bertz CT molecular complexity index is 1340. The lowest BCUT2D eigenvalue weighted by Gasteiger charge is -2.11. The van der Waals surface area contributed by atoms with E-state index in [1.165, 1.54) is 23.1 Å². The quantitative estimate of drug-likeness (QED) is 0.267. The average Bonchev–Trinajstić information content (AvgIpc) is 3.27. The number of ether oxygens (including phenoxy) is 2. The maximum atomic E-state index is 12.7. The van der Waals surface area contributed by atoms with Crippen molar-refractivity contribution in [3.63, 3.8) is 0 Å². The zero-order valence-corrected chi connectivity index (χ0v) is 21.2. The van der Waals surface area contributed by atoms with Gasteiger partial charge in [-0.25, -0.2) is 4.98 Å². The normalized spacial score (nSPS) is 11.6. The molecule has 3 aromatic carbocycles. The number of methoxy groups -OCH3 is 1. The summed E-state index contributed by atoms with van der Waals surface area (Å²) >= 11 is 2.85. The van der Waals surface area contributed by atoms with Crippen molar-refractivity contribution in [2.45, 2.75) is 24.0 Å². The van der Waals surface area contributed by atoms with Gasteiger partial charge in [0.05, 0.1) is 29.2 Å². The molecule has 0 radical (unpaired) electrons. The number of hydrogen-bond donors (Lipinski definition) is 2. The van der Waals surface area contributed by atoms with Crippen molar-refractivity contribution < 1.29 is 19.1 Å². The van der Waals surface area contributed by atoms with Crippen LogP contribution in [0.2, 0.25) is 0 Å². The second-order valence-corrected chi connectivity index (χ2v) is 9.99. The molecule has 0 spiro atoms. The highest BCUT2D eigenvalue weighted by Gasteiger charge is 2.17. The molecule has 2 amide bonds. The molecule has 4 aromatic rings. The van der Waals surface area contributed by atoms with E-state index in [-0.39, 0.29) is 17.1 Å². The van der Waals surface area contributed by atoms with Gasteiger partial charge in [-0.15, -0.1) is 11.8 Å².